The molecule has 1 aliphatic heterocycles. The van der Waals surface area contributed by atoms with Gasteiger partial charge in [-0.2, -0.15) is 0 Å². The highest BCUT2D eigenvalue weighted by molar-refractivity contribution is 5.89. The number of carbonyl (C=O) groups excluding carboxylic acids is 1. The maximum atomic E-state index is 13.8. The Bertz CT molecular complexity index is 485. The van der Waals surface area contributed by atoms with Crippen LogP contribution in [0, 0.1) is 11.2 Å². The quantitative estimate of drug-likeness (QED) is 0.787. The number of halogens is 1. The standard InChI is InChI=1S/C15H20FNO2/c1-15(2)6-7-17(10-15)9-11-4-5-12(13(16)8-11)14(18)19-3/h4-5,8H,6-7,9-10H2,1-3H3. The number of ether oxygens (including phenoxy) is 1. The average molecular weight is 265 g/mol. The van der Waals surface area contributed by atoms with E-state index in [0.29, 0.717) is 5.41 Å². The molecule has 1 aliphatic rings. The second kappa shape index (κ2) is 5.29. The van der Waals surface area contributed by atoms with E-state index in [1.807, 2.05) is 0 Å². The Labute approximate surface area is 113 Å². The lowest BCUT2D eigenvalue weighted by atomic mass is 9.93. The van der Waals surface area contributed by atoms with Crippen molar-refractivity contribution < 1.29 is 13.9 Å². The van der Waals surface area contributed by atoms with Crippen molar-refractivity contribution in [3.05, 3.63) is 35.1 Å². The van der Waals surface area contributed by atoms with Crippen molar-refractivity contribution in [3.8, 4) is 0 Å². The Kier molecular flexibility index (Phi) is 3.90. The van der Waals surface area contributed by atoms with Gasteiger partial charge in [-0.3, -0.25) is 4.90 Å². The van der Waals surface area contributed by atoms with Gasteiger partial charge in [0.25, 0.3) is 0 Å². The first-order valence-electron chi connectivity index (χ1n) is 6.50. The molecule has 0 bridgehead atoms. The molecule has 0 spiro atoms. The highest BCUT2D eigenvalue weighted by Crippen LogP contribution is 2.29. The van der Waals surface area contributed by atoms with Crippen molar-refractivity contribution in [2.45, 2.75) is 26.8 Å². The second-order valence-electron chi connectivity index (χ2n) is 5.93. The van der Waals surface area contributed by atoms with Gasteiger partial charge in [-0.25, -0.2) is 9.18 Å². The number of hydrogen-bond acceptors (Lipinski definition) is 3. The molecular weight excluding hydrogens is 245 g/mol. The summed E-state index contributed by atoms with van der Waals surface area (Å²) in [4.78, 5) is 13.6. The summed E-state index contributed by atoms with van der Waals surface area (Å²) in [5, 5.41) is 0. The summed E-state index contributed by atoms with van der Waals surface area (Å²) in [6.45, 7) is 7.27. The van der Waals surface area contributed by atoms with Crippen LogP contribution in [0.1, 0.15) is 36.2 Å². The molecule has 2 rings (SSSR count). The van der Waals surface area contributed by atoms with Gasteiger partial charge >= 0.3 is 5.97 Å². The molecule has 0 N–H and O–H groups in total. The van der Waals surface area contributed by atoms with Crippen LogP contribution < -0.4 is 0 Å². The molecule has 1 saturated heterocycles. The van der Waals surface area contributed by atoms with Crippen molar-refractivity contribution in [2.24, 2.45) is 5.41 Å². The maximum absolute atomic E-state index is 13.8. The average Bonchev–Trinajstić information content (AvgIpc) is 2.68. The van der Waals surface area contributed by atoms with Crippen LogP contribution in [0.2, 0.25) is 0 Å². The summed E-state index contributed by atoms with van der Waals surface area (Å²) in [6.07, 6.45) is 1.16. The predicted octanol–water partition coefficient (Wildman–Crippen LogP) is 2.84. The minimum Gasteiger partial charge on any atom is -0.465 e. The maximum Gasteiger partial charge on any atom is 0.340 e. The third-order valence-electron chi connectivity index (χ3n) is 3.60. The highest BCUT2D eigenvalue weighted by atomic mass is 19.1. The van der Waals surface area contributed by atoms with Crippen molar-refractivity contribution >= 4 is 5.97 Å². The van der Waals surface area contributed by atoms with Crippen LogP contribution in [0.5, 0.6) is 0 Å². The van der Waals surface area contributed by atoms with Gasteiger partial charge in [-0.15, -0.1) is 0 Å². The summed E-state index contributed by atoms with van der Waals surface area (Å²) in [7, 11) is 1.25. The molecule has 0 aromatic heterocycles. The van der Waals surface area contributed by atoms with Gasteiger partial charge in [0.05, 0.1) is 12.7 Å². The van der Waals surface area contributed by atoms with E-state index >= 15 is 0 Å². The third-order valence-corrected chi connectivity index (χ3v) is 3.60. The molecule has 19 heavy (non-hydrogen) atoms. The fraction of sp³-hybridized carbons (Fsp3) is 0.533. The number of likely N-dealkylation sites (tertiary alicyclic amines) is 1. The van der Waals surface area contributed by atoms with Crippen LogP contribution in [0.15, 0.2) is 18.2 Å². The molecule has 0 unspecified atom stereocenters. The van der Waals surface area contributed by atoms with Gasteiger partial charge in [0.2, 0.25) is 0 Å². The fourth-order valence-electron chi connectivity index (χ4n) is 2.55. The van der Waals surface area contributed by atoms with Gasteiger partial charge in [-0.05, 0) is 36.1 Å². The van der Waals surface area contributed by atoms with E-state index in [0.717, 1.165) is 31.6 Å². The Morgan fingerprint density at radius 3 is 2.74 bits per heavy atom. The Morgan fingerprint density at radius 2 is 2.21 bits per heavy atom. The molecule has 1 heterocycles. The fourth-order valence-corrected chi connectivity index (χ4v) is 2.55. The normalized spacial score (nSPS) is 18.5. The van der Waals surface area contributed by atoms with Gasteiger partial charge < -0.3 is 4.74 Å². The SMILES string of the molecule is COC(=O)c1ccc(CN2CCC(C)(C)C2)cc1F. The zero-order chi connectivity index (χ0) is 14.0. The molecule has 0 atom stereocenters. The summed E-state index contributed by atoms with van der Waals surface area (Å²) < 4.78 is 18.3. The summed E-state index contributed by atoms with van der Waals surface area (Å²) in [5.74, 6) is -1.14. The van der Waals surface area contributed by atoms with Crippen molar-refractivity contribution in [3.63, 3.8) is 0 Å². The number of carbonyl (C=O) groups is 1. The summed E-state index contributed by atoms with van der Waals surface area (Å²) in [6, 6.07) is 4.72. The Morgan fingerprint density at radius 1 is 1.47 bits per heavy atom. The number of benzene rings is 1. The van der Waals surface area contributed by atoms with Crippen molar-refractivity contribution in [1.29, 1.82) is 0 Å². The molecule has 1 fully saturated rings. The van der Waals surface area contributed by atoms with E-state index in [2.05, 4.69) is 23.5 Å². The van der Waals surface area contributed by atoms with Crippen LogP contribution in [-0.2, 0) is 11.3 Å². The lowest BCUT2D eigenvalue weighted by Gasteiger charge is -2.19. The van der Waals surface area contributed by atoms with E-state index in [4.69, 9.17) is 0 Å². The Hall–Kier alpha value is -1.42. The molecule has 0 aliphatic carbocycles. The second-order valence-corrected chi connectivity index (χ2v) is 5.93. The zero-order valence-electron chi connectivity index (χ0n) is 11.7. The molecule has 4 heteroatoms. The van der Waals surface area contributed by atoms with E-state index in [9.17, 15) is 9.18 Å². The first kappa shape index (κ1) is 14.0. The topological polar surface area (TPSA) is 29.5 Å². The minimum atomic E-state index is -0.633. The largest absolute Gasteiger partial charge is 0.465 e. The van der Waals surface area contributed by atoms with Crippen LogP contribution in [0.4, 0.5) is 4.39 Å². The lowest BCUT2D eigenvalue weighted by molar-refractivity contribution is 0.0595. The van der Waals surface area contributed by atoms with Crippen LogP contribution in [0.25, 0.3) is 0 Å². The van der Waals surface area contributed by atoms with Gasteiger partial charge in [-0.1, -0.05) is 19.9 Å². The van der Waals surface area contributed by atoms with E-state index < -0.39 is 11.8 Å². The van der Waals surface area contributed by atoms with Crippen molar-refractivity contribution in [2.75, 3.05) is 20.2 Å². The molecule has 1 aromatic rings. The van der Waals surface area contributed by atoms with Gasteiger partial charge in [0, 0.05) is 13.1 Å². The van der Waals surface area contributed by atoms with Gasteiger partial charge in [0.15, 0.2) is 0 Å². The molecular formula is C15H20FNO2. The molecule has 0 saturated carbocycles. The molecule has 3 nitrogen and oxygen atoms in total. The van der Waals surface area contributed by atoms with Crippen LogP contribution in [-0.4, -0.2) is 31.1 Å². The van der Waals surface area contributed by atoms with Crippen molar-refractivity contribution in [1.82, 2.24) is 4.90 Å². The molecule has 104 valence electrons. The van der Waals surface area contributed by atoms with Crippen LogP contribution >= 0.6 is 0 Å². The highest BCUT2D eigenvalue weighted by Gasteiger charge is 2.29. The smallest absolute Gasteiger partial charge is 0.340 e. The number of esters is 1. The van der Waals surface area contributed by atoms with E-state index in [1.165, 1.54) is 19.2 Å². The van der Waals surface area contributed by atoms with E-state index in [-0.39, 0.29) is 5.56 Å². The summed E-state index contributed by atoms with van der Waals surface area (Å²) in [5.41, 5.74) is 1.22. The number of hydrogen-bond donors (Lipinski definition) is 0. The predicted molar refractivity (Wildman–Crippen MR) is 71.4 cm³/mol. The minimum absolute atomic E-state index is 0.00648. The molecule has 1 aromatic carbocycles. The van der Waals surface area contributed by atoms with Gasteiger partial charge in [0.1, 0.15) is 5.82 Å². The van der Waals surface area contributed by atoms with Crippen LogP contribution in [0.3, 0.4) is 0 Å². The van der Waals surface area contributed by atoms with E-state index in [1.54, 1.807) is 6.07 Å². The monoisotopic (exact) mass is 265 g/mol. The third kappa shape index (κ3) is 3.32. The first-order valence-corrected chi connectivity index (χ1v) is 6.50. The molecule has 0 radical (unpaired) electrons. The molecule has 0 amide bonds. The number of methoxy groups -OCH3 is 1. The number of rotatable bonds is 3. The Balaban J connectivity index is 2.07. The first-order chi connectivity index (χ1) is 8.91. The number of nitrogens with zero attached hydrogens (tertiary/aromatic N) is 1. The zero-order valence-corrected chi connectivity index (χ0v) is 11.7. The summed E-state index contributed by atoms with van der Waals surface area (Å²) >= 11 is 0. The lowest BCUT2D eigenvalue weighted by Crippen LogP contribution is -2.23.